The number of amides is 1. The summed E-state index contributed by atoms with van der Waals surface area (Å²) in [5, 5.41) is 3.00. The van der Waals surface area contributed by atoms with Crippen molar-refractivity contribution in [2.24, 2.45) is 0 Å². The predicted octanol–water partition coefficient (Wildman–Crippen LogP) is 3.28. The summed E-state index contributed by atoms with van der Waals surface area (Å²) in [7, 11) is 3.07. The van der Waals surface area contributed by atoms with Gasteiger partial charge < -0.3 is 15.0 Å². The zero-order valence-electron chi connectivity index (χ0n) is 15.6. The minimum atomic E-state index is -0.424. The maximum atomic E-state index is 12.5. The molecular formula is C21H20N4O3. The third-order valence-electron chi connectivity index (χ3n) is 4.05. The normalized spacial score (nSPS) is 10.2. The lowest BCUT2D eigenvalue weighted by Gasteiger charge is -2.17. The van der Waals surface area contributed by atoms with Gasteiger partial charge in [-0.25, -0.2) is 14.8 Å². The zero-order valence-corrected chi connectivity index (χ0v) is 15.6. The van der Waals surface area contributed by atoms with Gasteiger partial charge in [0.25, 0.3) is 5.91 Å². The molecule has 7 heteroatoms. The van der Waals surface area contributed by atoms with Gasteiger partial charge in [0, 0.05) is 31.7 Å². The van der Waals surface area contributed by atoms with Crippen LogP contribution in [0.3, 0.4) is 0 Å². The summed E-state index contributed by atoms with van der Waals surface area (Å²) < 4.78 is 4.71. The molecule has 0 fully saturated rings. The number of nitrogens with one attached hydrogen (secondary N) is 1. The Morgan fingerprint density at radius 1 is 1.00 bits per heavy atom. The fourth-order valence-electron chi connectivity index (χ4n) is 2.62. The van der Waals surface area contributed by atoms with E-state index >= 15 is 0 Å². The second kappa shape index (κ2) is 8.77. The number of carbonyl (C=O) groups excluding carboxylic acids is 2. The standard InChI is InChI=1S/C21H20N4O3/c1-25(14-15-7-4-3-5-8-15)19(26)17-12-22-21(23-13-17)24-18-10-6-9-16(11-18)20(27)28-2/h3-13H,14H2,1-2H3,(H,22,23,24). The van der Waals surface area contributed by atoms with Gasteiger partial charge in [0.1, 0.15) is 0 Å². The van der Waals surface area contributed by atoms with Gasteiger partial charge in [0.15, 0.2) is 0 Å². The Bertz CT molecular complexity index is 959. The van der Waals surface area contributed by atoms with Gasteiger partial charge in [-0.15, -0.1) is 0 Å². The van der Waals surface area contributed by atoms with Crippen molar-refractivity contribution in [3.05, 3.63) is 83.7 Å². The van der Waals surface area contributed by atoms with Crippen LogP contribution in [0.5, 0.6) is 0 Å². The van der Waals surface area contributed by atoms with Crippen molar-refractivity contribution >= 4 is 23.5 Å². The highest BCUT2D eigenvalue weighted by Crippen LogP contribution is 2.16. The Labute approximate surface area is 163 Å². The Kier molecular flexibility index (Phi) is 5.96. The predicted molar refractivity (Wildman–Crippen MR) is 105 cm³/mol. The number of hydrogen-bond acceptors (Lipinski definition) is 6. The second-order valence-corrected chi connectivity index (χ2v) is 6.14. The fraction of sp³-hybridized carbons (Fsp3) is 0.143. The number of esters is 1. The van der Waals surface area contributed by atoms with Crippen LogP contribution in [0.2, 0.25) is 0 Å². The van der Waals surface area contributed by atoms with Crippen LogP contribution in [0, 0.1) is 0 Å². The molecule has 3 aromatic rings. The number of anilines is 2. The van der Waals surface area contributed by atoms with E-state index in [4.69, 9.17) is 4.74 Å². The van der Waals surface area contributed by atoms with Crippen LogP contribution >= 0.6 is 0 Å². The van der Waals surface area contributed by atoms with E-state index in [-0.39, 0.29) is 5.91 Å². The quantitative estimate of drug-likeness (QED) is 0.665. The monoisotopic (exact) mass is 376 g/mol. The molecule has 0 spiro atoms. The maximum absolute atomic E-state index is 12.5. The molecule has 0 aliphatic heterocycles. The topological polar surface area (TPSA) is 84.4 Å². The summed E-state index contributed by atoms with van der Waals surface area (Å²) in [6.07, 6.45) is 2.95. The minimum absolute atomic E-state index is 0.164. The third kappa shape index (κ3) is 4.70. The number of benzene rings is 2. The lowest BCUT2D eigenvalue weighted by Crippen LogP contribution is -2.26. The molecule has 0 aliphatic carbocycles. The molecule has 0 bridgehead atoms. The van der Waals surface area contributed by atoms with E-state index in [1.165, 1.54) is 19.5 Å². The lowest BCUT2D eigenvalue weighted by molar-refractivity contribution is 0.0600. The highest BCUT2D eigenvalue weighted by atomic mass is 16.5. The SMILES string of the molecule is COC(=O)c1cccc(Nc2ncc(C(=O)N(C)Cc3ccccc3)cn2)c1. The molecule has 2 aromatic carbocycles. The van der Waals surface area contributed by atoms with Gasteiger partial charge in [-0.1, -0.05) is 36.4 Å². The Morgan fingerprint density at radius 2 is 1.71 bits per heavy atom. The number of methoxy groups -OCH3 is 1. The largest absolute Gasteiger partial charge is 0.465 e. The molecule has 0 radical (unpaired) electrons. The molecule has 3 rings (SSSR count). The fourth-order valence-corrected chi connectivity index (χ4v) is 2.62. The van der Waals surface area contributed by atoms with Gasteiger partial charge in [0.2, 0.25) is 5.95 Å². The molecule has 1 amide bonds. The van der Waals surface area contributed by atoms with Gasteiger partial charge in [-0.05, 0) is 23.8 Å². The van der Waals surface area contributed by atoms with Crippen LogP contribution in [0.25, 0.3) is 0 Å². The molecule has 7 nitrogen and oxygen atoms in total. The molecule has 0 atom stereocenters. The van der Waals surface area contributed by atoms with Crippen LogP contribution < -0.4 is 5.32 Å². The molecule has 1 N–H and O–H groups in total. The summed E-state index contributed by atoms with van der Waals surface area (Å²) in [5.74, 6) is -0.265. The second-order valence-electron chi connectivity index (χ2n) is 6.14. The molecule has 0 saturated heterocycles. The molecule has 28 heavy (non-hydrogen) atoms. The van der Waals surface area contributed by atoms with Crippen molar-refractivity contribution in [1.82, 2.24) is 14.9 Å². The first-order chi connectivity index (χ1) is 13.6. The number of aromatic nitrogens is 2. The van der Waals surface area contributed by atoms with E-state index in [0.717, 1.165) is 5.56 Å². The first-order valence-corrected chi connectivity index (χ1v) is 8.63. The molecule has 1 heterocycles. The summed E-state index contributed by atoms with van der Waals surface area (Å²) in [5.41, 5.74) is 2.50. The number of ether oxygens (including phenoxy) is 1. The highest BCUT2D eigenvalue weighted by molar-refractivity contribution is 5.93. The molecule has 0 saturated carbocycles. The average molecular weight is 376 g/mol. The van der Waals surface area contributed by atoms with Crippen LogP contribution in [0.15, 0.2) is 67.0 Å². The van der Waals surface area contributed by atoms with Crippen molar-refractivity contribution in [1.29, 1.82) is 0 Å². The highest BCUT2D eigenvalue weighted by Gasteiger charge is 2.13. The maximum Gasteiger partial charge on any atom is 0.337 e. The van der Waals surface area contributed by atoms with Crippen molar-refractivity contribution in [2.75, 3.05) is 19.5 Å². The third-order valence-corrected chi connectivity index (χ3v) is 4.05. The molecular weight excluding hydrogens is 356 g/mol. The number of carbonyl (C=O) groups is 2. The number of rotatable bonds is 6. The molecule has 0 unspecified atom stereocenters. The van der Waals surface area contributed by atoms with E-state index in [1.54, 1.807) is 36.2 Å². The van der Waals surface area contributed by atoms with Crippen LogP contribution in [-0.4, -0.2) is 40.9 Å². The first kappa shape index (κ1) is 19.0. The number of nitrogens with zero attached hydrogens (tertiary/aromatic N) is 3. The minimum Gasteiger partial charge on any atom is -0.465 e. The smallest absolute Gasteiger partial charge is 0.337 e. The van der Waals surface area contributed by atoms with E-state index in [0.29, 0.717) is 29.3 Å². The molecule has 0 aliphatic rings. The first-order valence-electron chi connectivity index (χ1n) is 8.63. The van der Waals surface area contributed by atoms with Crippen molar-refractivity contribution < 1.29 is 14.3 Å². The Balaban J connectivity index is 1.66. The zero-order chi connectivity index (χ0) is 19.9. The van der Waals surface area contributed by atoms with Crippen LogP contribution in [-0.2, 0) is 11.3 Å². The average Bonchev–Trinajstić information content (AvgIpc) is 2.74. The lowest BCUT2D eigenvalue weighted by atomic mass is 10.2. The Hall–Kier alpha value is -3.74. The van der Waals surface area contributed by atoms with Gasteiger partial charge >= 0.3 is 5.97 Å². The Morgan fingerprint density at radius 3 is 2.39 bits per heavy atom. The van der Waals surface area contributed by atoms with E-state index in [9.17, 15) is 9.59 Å². The number of hydrogen-bond donors (Lipinski definition) is 1. The summed E-state index contributed by atoms with van der Waals surface area (Å²) in [6, 6.07) is 16.5. The van der Waals surface area contributed by atoms with Crippen LogP contribution in [0.4, 0.5) is 11.6 Å². The van der Waals surface area contributed by atoms with E-state index < -0.39 is 5.97 Å². The summed E-state index contributed by atoms with van der Waals surface area (Å²) in [4.78, 5) is 34.2. The molecule has 142 valence electrons. The summed E-state index contributed by atoms with van der Waals surface area (Å²) in [6.45, 7) is 0.500. The molecule has 1 aromatic heterocycles. The van der Waals surface area contributed by atoms with Crippen molar-refractivity contribution in [2.45, 2.75) is 6.54 Å². The van der Waals surface area contributed by atoms with Crippen molar-refractivity contribution in [3.63, 3.8) is 0 Å². The van der Waals surface area contributed by atoms with E-state index in [1.807, 2.05) is 30.3 Å². The summed E-state index contributed by atoms with van der Waals surface area (Å²) >= 11 is 0. The van der Waals surface area contributed by atoms with Crippen LogP contribution in [0.1, 0.15) is 26.3 Å². The van der Waals surface area contributed by atoms with Gasteiger partial charge in [0.05, 0.1) is 18.2 Å². The van der Waals surface area contributed by atoms with Gasteiger partial charge in [-0.2, -0.15) is 0 Å². The van der Waals surface area contributed by atoms with Gasteiger partial charge in [-0.3, -0.25) is 4.79 Å². The van der Waals surface area contributed by atoms with E-state index in [2.05, 4.69) is 15.3 Å². The van der Waals surface area contributed by atoms with Crippen molar-refractivity contribution in [3.8, 4) is 0 Å².